The number of aliphatic hydroxyl groups is 1. The number of nitrogens with one attached hydrogen (secondary N) is 1. The number of fused-ring (bicyclic) bond motifs is 3. The number of ether oxygens (including phenoxy) is 1. The number of nitrogens with zero attached hydrogens (tertiary/aromatic N) is 3. The van der Waals surface area contributed by atoms with Crippen LogP contribution in [0.3, 0.4) is 0 Å². The number of urea groups is 1. The quantitative estimate of drug-likeness (QED) is 0.697. The van der Waals surface area contributed by atoms with Gasteiger partial charge in [-0.15, -0.1) is 4.36 Å². The molecule has 9 nitrogen and oxygen atoms in total. The Balaban J connectivity index is 1.46. The van der Waals surface area contributed by atoms with Crippen molar-refractivity contribution < 1.29 is 18.8 Å². The van der Waals surface area contributed by atoms with Gasteiger partial charge in [0.25, 0.3) is 0 Å². The van der Waals surface area contributed by atoms with Gasteiger partial charge < -0.3 is 15.2 Å². The van der Waals surface area contributed by atoms with Crippen molar-refractivity contribution in [2.75, 3.05) is 11.9 Å². The number of aromatic nitrogens is 2. The maximum atomic E-state index is 13.0. The van der Waals surface area contributed by atoms with Gasteiger partial charge in [-0.05, 0) is 60.8 Å². The molecule has 0 unspecified atom stereocenters. The molecule has 0 saturated carbocycles. The highest BCUT2D eigenvalue weighted by Gasteiger charge is 2.31. The van der Waals surface area contributed by atoms with Crippen molar-refractivity contribution >= 4 is 21.6 Å². The minimum atomic E-state index is -3.55. The first-order valence-corrected chi connectivity index (χ1v) is 11.4. The van der Waals surface area contributed by atoms with Crippen molar-refractivity contribution in [2.24, 2.45) is 9.50 Å². The molecule has 0 fully saturated rings. The molecule has 3 aliphatic rings. The van der Waals surface area contributed by atoms with Crippen LogP contribution < -0.4 is 15.2 Å². The van der Waals surface area contributed by atoms with Crippen LogP contribution in [0.5, 0.6) is 5.88 Å². The van der Waals surface area contributed by atoms with E-state index in [0.717, 1.165) is 44.2 Å². The molecule has 29 heavy (non-hydrogen) atoms. The fourth-order valence-electron chi connectivity index (χ4n) is 4.56. The Morgan fingerprint density at radius 1 is 1.31 bits per heavy atom. The number of carbonyl (C=O) groups excluding carboxylic acids is 1. The molecule has 2 amide bonds. The SMILES string of the molecule is N[S@@](=O)(=NC(=O)Nc1c2c(cc3c1CCC3)CCC2)c1cnn2c1O[C@@H](CO)C2. The van der Waals surface area contributed by atoms with Crippen LogP contribution in [0.25, 0.3) is 0 Å². The molecule has 154 valence electrons. The smallest absolute Gasteiger partial charge is 0.354 e. The van der Waals surface area contributed by atoms with E-state index >= 15 is 0 Å². The number of amides is 2. The van der Waals surface area contributed by atoms with Crippen molar-refractivity contribution in [1.82, 2.24) is 9.78 Å². The molecule has 0 saturated heterocycles. The van der Waals surface area contributed by atoms with Crippen LogP contribution in [0.2, 0.25) is 0 Å². The average molecular weight is 417 g/mol. The maximum Gasteiger partial charge on any atom is 0.354 e. The summed E-state index contributed by atoms with van der Waals surface area (Å²) in [6, 6.07) is 1.54. The molecule has 0 spiro atoms. The summed E-state index contributed by atoms with van der Waals surface area (Å²) >= 11 is 0. The summed E-state index contributed by atoms with van der Waals surface area (Å²) in [7, 11) is -3.55. The Morgan fingerprint density at radius 3 is 2.66 bits per heavy atom. The molecule has 2 aliphatic carbocycles. The molecule has 0 bridgehead atoms. The average Bonchev–Trinajstić information content (AvgIpc) is 3.43. The Bertz CT molecular complexity index is 1100. The van der Waals surface area contributed by atoms with Gasteiger partial charge in [0.15, 0.2) is 9.92 Å². The molecule has 2 aromatic rings. The minimum Gasteiger partial charge on any atom is -0.469 e. The van der Waals surface area contributed by atoms with Gasteiger partial charge >= 0.3 is 6.03 Å². The lowest BCUT2D eigenvalue weighted by Crippen LogP contribution is -2.21. The highest BCUT2D eigenvalue weighted by atomic mass is 32.2. The molecule has 10 heteroatoms. The molecule has 5 rings (SSSR count). The predicted octanol–water partition coefficient (Wildman–Crippen LogP) is 1.55. The number of aryl methyl sites for hydroxylation is 2. The van der Waals surface area contributed by atoms with Crippen LogP contribution in [0, 0.1) is 0 Å². The van der Waals surface area contributed by atoms with Gasteiger partial charge in [-0.25, -0.2) is 18.8 Å². The molecule has 2 heterocycles. The second-order valence-electron chi connectivity index (χ2n) is 7.74. The highest BCUT2D eigenvalue weighted by molar-refractivity contribution is 7.91. The number of hydrogen-bond acceptors (Lipinski definition) is 5. The summed E-state index contributed by atoms with van der Waals surface area (Å²) in [5, 5.41) is 22.1. The number of rotatable bonds is 3. The minimum absolute atomic E-state index is 0.0621. The number of benzene rings is 1. The van der Waals surface area contributed by atoms with E-state index in [4.69, 9.17) is 9.88 Å². The zero-order chi connectivity index (χ0) is 20.2. The Morgan fingerprint density at radius 2 is 2.00 bits per heavy atom. The van der Waals surface area contributed by atoms with Crippen molar-refractivity contribution in [3.05, 3.63) is 34.5 Å². The van der Waals surface area contributed by atoms with Crippen molar-refractivity contribution in [2.45, 2.75) is 56.1 Å². The van der Waals surface area contributed by atoms with Gasteiger partial charge in [0, 0.05) is 5.69 Å². The summed E-state index contributed by atoms with van der Waals surface area (Å²) in [4.78, 5) is 12.8. The number of carbonyl (C=O) groups is 1. The predicted molar refractivity (Wildman–Crippen MR) is 106 cm³/mol. The maximum absolute atomic E-state index is 13.0. The van der Waals surface area contributed by atoms with Crippen LogP contribution >= 0.6 is 0 Å². The van der Waals surface area contributed by atoms with E-state index < -0.39 is 22.1 Å². The lowest BCUT2D eigenvalue weighted by Gasteiger charge is -2.15. The Hall–Kier alpha value is -2.43. The van der Waals surface area contributed by atoms with E-state index in [9.17, 15) is 14.1 Å². The first-order chi connectivity index (χ1) is 14.0. The van der Waals surface area contributed by atoms with Crippen molar-refractivity contribution in [3.8, 4) is 5.88 Å². The first kappa shape index (κ1) is 18.6. The largest absolute Gasteiger partial charge is 0.469 e. The molecule has 1 aromatic carbocycles. The normalized spacial score (nSPS) is 21.1. The topological polar surface area (TPSA) is 132 Å². The summed E-state index contributed by atoms with van der Waals surface area (Å²) in [6.45, 7) is 0.131. The van der Waals surface area contributed by atoms with Gasteiger partial charge in [-0.1, -0.05) is 6.07 Å². The third-order valence-electron chi connectivity index (χ3n) is 5.86. The number of aliphatic hydroxyl groups excluding tert-OH is 1. The van der Waals surface area contributed by atoms with Crippen LogP contribution in [-0.4, -0.2) is 37.8 Å². The second-order valence-corrected chi connectivity index (χ2v) is 9.50. The monoisotopic (exact) mass is 417 g/mol. The summed E-state index contributed by atoms with van der Waals surface area (Å²) in [6.07, 6.45) is 6.84. The zero-order valence-corrected chi connectivity index (χ0v) is 16.7. The van der Waals surface area contributed by atoms with E-state index in [1.807, 2.05) is 0 Å². The van der Waals surface area contributed by atoms with E-state index in [1.165, 1.54) is 33.1 Å². The molecule has 1 aromatic heterocycles. The molecular weight excluding hydrogens is 394 g/mol. The van der Waals surface area contributed by atoms with Crippen molar-refractivity contribution in [3.63, 3.8) is 0 Å². The van der Waals surface area contributed by atoms with Gasteiger partial charge in [-0.2, -0.15) is 5.10 Å². The number of nitrogens with two attached hydrogens (primary N) is 1. The summed E-state index contributed by atoms with van der Waals surface area (Å²) in [5.41, 5.74) is 5.73. The highest BCUT2D eigenvalue weighted by Crippen LogP contribution is 2.38. The van der Waals surface area contributed by atoms with Gasteiger partial charge in [0.2, 0.25) is 5.88 Å². The van der Waals surface area contributed by atoms with Gasteiger partial charge in [0.05, 0.1) is 19.3 Å². The number of hydrogen-bond donors (Lipinski definition) is 3. The lowest BCUT2D eigenvalue weighted by molar-refractivity contribution is 0.130. The fourth-order valence-corrected chi connectivity index (χ4v) is 5.55. The summed E-state index contributed by atoms with van der Waals surface area (Å²) < 4.78 is 23.8. The first-order valence-electron chi connectivity index (χ1n) is 9.82. The lowest BCUT2D eigenvalue weighted by atomic mass is 9.99. The van der Waals surface area contributed by atoms with Crippen LogP contribution in [0.4, 0.5) is 10.5 Å². The molecule has 0 radical (unpaired) electrons. The standard InChI is InChI=1S/C19H23N5O4S/c20-29(27,16-8-21-24-9-13(10-25)28-18(16)24)23-19(26)22-17-14-5-1-3-11(14)7-12-4-2-6-15(12)17/h7-8,13,25H,1-6,9-10H2,(H3,20,22,23,26,27)/t13-,29-/m1/s1. The number of anilines is 1. The van der Waals surface area contributed by atoms with Crippen LogP contribution in [0.15, 0.2) is 21.5 Å². The Labute approximate surface area is 168 Å². The molecule has 2 atom stereocenters. The van der Waals surface area contributed by atoms with Crippen LogP contribution in [0.1, 0.15) is 35.1 Å². The fraction of sp³-hybridized carbons (Fsp3) is 0.474. The third kappa shape index (κ3) is 3.11. The third-order valence-corrected chi connectivity index (χ3v) is 7.20. The van der Waals surface area contributed by atoms with E-state index in [-0.39, 0.29) is 17.4 Å². The summed E-state index contributed by atoms with van der Waals surface area (Å²) in [5.74, 6) is 0.189. The van der Waals surface area contributed by atoms with E-state index in [1.54, 1.807) is 0 Å². The Kier molecular flexibility index (Phi) is 4.37. The molecular formula is C19H23N5O4S. The van der Waals surface area contributed by atoms with Crippen molar-refractivity contribution in [1.29, 1.82) is 0 Å². The zero-order valence-electron chi connectivity index (χ0n) is 15.9. The van der Waals surface area contributed by atoms with E-state index in [0.29, 0.717) is 6.54 Å². The molecule has 4 N–H and O–H groups in total. The molecule has 1 aliphatic heterocycles. The van der Waals surface area contributed by atoms with E-state index in [2.05, 4.69) is 20.8 Å². The van der Waals surface area contributed by atoms with Crippen LogP contribution in [-0.2, 0) is 42.1 Å². The van der Waals surface area contributed by atoms with Gasteiger partial charge in [0.1, 0.15) is 11.0 Å². The second kappa shape index (κ2) is 6.82. The van der Waals surface area contributed by atoms with Gasteiger partial charge in [-0.3, -0.25) is 0 Å².